The molecule has 70 valence electrons. The van der Waals surface area contributed by atoms with Gasteiger partial charge in [-0.25, -0.2) is 4.98 Å². The Labute approximate surface area is 78.5 Å². The highest BCUT2D eigenvalue weighted by molar-refractivity contribution is 5.57. The Morgan fingerprint density at radius 3 is 3.00 bits per heavy atom. The lowest BCUT2D eigenvalue weighted by atomic mass is 10.2. The van der Waals surface area contributed by atoms with Crippen molar-refractivity contribution in [1.82, 2.24) is 15.0 Å². The normalized spacial score (nSPS) is 10.1. The molecule has 2 aromatic rings. The molecule has 0 aromatic carbocycles. The van der Waals surface area contributed by atoms with Gasteiger partial charge in [-0.05, 0) is 12.1 Å². The highest BCUT2D eigenvalue weighted by atomic mass is 19.1. The molecule has 0 atom stereocenters. The summed E-state index contributed by atoms with van der Waals surface area (Å²) in [7, 11) is 0. The summed E-state index contributed by atoms with van der Waals surface area (Å²) in [6, 6.07) is 3.29. The maximum Gasteiger partial charge on any atom is 0.287 e. The zero-order chi connectivity index (χ0) is 9.97. The fourth-order valence-electron chi connectivity index (χ4n) is 1.09. The summed E-state index contributed by atoms with van der Waals surface area (Å²) < 4.78 is 13.3. The van der Waals surface area contributed by atoms with Gasteiger partial charge in [0.05, 0.1) is 6.33 Å². The van der Waals surface area contributed by atoms with Crippen LogP contribution in [0.2, 0.25) is 0 Å². The van der Waals surface area contributed by atoms with E-state index >= 15 is 0 Å². The summed E-state index contributed by atoms with van der Waals surface area (Å²) in [6.07, 6.45) is 4.17. The third-order valence-corrected chi connectivity index (χ3v) is 1.73. The number of pyridine rings is 1. The van der Waals surface area contributed by atoms with Crippen LogP contribution in [0.5, 0.6) is 0 Å². The molecule has 0 amide bonds. The number of rotatable bonds is 1. The van der Waals surface area contributed by atoms with E-state index in [-0.39, 0.29) is 5.69 Å². The van der Waals surface area contributed by atoms with Crippen LogP contribution in [0.15, 0.2) is 35.6 Å². The molecule has 0 saturated heterocycles. The Kier molecular flexibility index (Phi) is 2.06. The van der Waals surface area contributed by atoms with Crippen LogP contribution in [-0.4, -0.2) is 15.0 Å². The molecule has 14 heavy (non-hydrogen) atoms. The van der Waals surface area contributed by atoms with E-state index in [1.54, 1.807) is 18.3 Å². The number of hydrogen-bond acceptors (Lipinski definition) is 3. The number of aromatic nitrogens is 3. The van der Waals surface area contributed by atoms with Crippen molar-refractivity contribution in [2.24, 2.45) is 0 Å². The molecule has 0 fully saturated rings. The van der Waals surface area contributed by atoms with Gasteiger partial charge >= 0.3 is 0 Å². The number of halogens is 1. The van der Waals surface area contributed by atoms with Gasteiger partial charge in [-0.15, -0.1) is 0 Å². The number of nitrogens with one attached hydrogen (secondary N) is 1. The minimum Gasteiger partial charge on any atom is -0.311 e. The van der Waals surface area contributed by atoms with Crippen molar-refractivity contribution in [3.8, 4) is 11.3 Å². The Morgan fingerprint density at radius 1 is 1.43 bits per heavy atom. The lowest BCUT2D eigenvalue weighted by Gasteiger charge is -1.98. The minimum absolute atomic E-state index is 0.0156. The molecule has 0 unspecified atom stereocenters. The fraction of sp³-hybridized carbons (Fsp3) is 0. The predicted octanol–water partition coefficient (Wildman–Crippen LogP) is 0.971. The Balaban J connectivity index is 2.64. The third kappa shape index (κ3) is 1.39. The zero-order valence-electron chi connectivity index (χ0n) is 7.07. The van der Waals surface area contributed by atoms with Gasteiger partial charge in [-0.1, -0.05) is 0 Å². The molecule has 4 nitrogen and oxygen atoms in total. The molecule has 0 aliphatic carbocycles. The molecule has 2 rings (SSSR count). The van der Waals surface area contributed by atoms with Crippen LogP contribution in [0, 0.1) is 5.82 Å². The van der Waals surface area contributed by atoms with Gasteiger partial charge in [0.15, 0.2) is 0 Å². The lowest BCUT2D eigenvalue weighted by Crippen LogP contribution is -2.12. The molecule has 0 saturated carbocycles. The van der Waals surface area contributed by atoms with Crippen LogP contribution in [0.25, 0.3) is 11.3 Å². The van der Waals surface area contributed by atoms with Gasteiger partial charge in [0.25, 0.3) is 5.56 Å². The molecule has 0 aliphatic heterocycles. The van der Waals surface area contributed by atoms with Gasteiger partial charge in [-0.3, -0.25) is 9.78 Å². The van der Waals surface area contributed by atoms with Gasteiger partial charge in [0.2, 0.25) is 5.82 Å². The summed E-state index contributed by atoms with van der Waals surface area (Å²) in [5.41, 5.74) is -0.281. The number of hydrogen-bond donors (Lipinski definition) is 1. The number of H-pyrrole nitrogens is 1. The second-order valence-electron chi connectivity index (χ2n) is 2.64. The second kappa shape index (κ2) is 3.37. The van der Waals surface area contributed by atoms with Crippen LogP contribution >= 0.6 is 0 Å². The highest BCUT2D eigenvalue weighted by Gasteiger charge is 2.09. The van der Waals surface area contributed by atoms with Crippen molar-refractivity contribution in [1.29, 1.82) is 0 Å². The molecule has 1 N–H and O–H groups in total. The van der Waals surface area contributed by atoms with Crippen LogP contribution < -0.4 is 5.56 Å². The average Bonchev–Trinajstić information content (AvgIpc) is 2.23. The molecule has 0 bridgehead atoms. The summed E-state index contributed by atoms with van der Waals surface area (Å²) in [5, 5.41) is 0. The minimum atomic E-state index is -0.888. The van der Waals surface area contributed by atoms with Crippen molar-refractivity contribution < 1.29 is 4.39 Å². The standard InChI is InChI=1S/C9H6FN3O/c10-7-8(12-5-13-9(7)14)6-2-1-3-11-4-6/h1-5H,(H,12,13,14). The molecule has 0 aliphatic rings. The first-order chi connectivity index (χ1) is 6.79. The molecular weight excluding hydrogens is 185 g/mol. The topological polar surface area (TPSA) is 58.6 Å². The first-order valence-electron chi connectivity index (χ1n) is 3.92. The first kappa shape index (κ1) is 8.55. The smallest absolute Gasteiger partial charge is 0.287 e. The van der Waals surface area contributed by atoms with E-state index in [1.807, 2.05) is 0 Å². The van der Waals surface area contributed by atoms with E-state index in [2.05, 4.69) is 15.0 Å². The van der Waals surface area contributed by atoms with E-state index < -0.39 is 11.4 Å². The summed E-state index contributed by atoms with van der Waals surface area (Å²) in [4.78, 5) is 20.6. The zero-order valence-corrected chi connectivity index (χ0v) is 7.07. The SMILES string of the molecule is O=c1[nH]cnc(-c2cccnc2)c1F. The molecule has 2 aromatic heterocycles. The number of aromatic amines is 1. The predicted molar refractivity (Wildman–Crippen MR) is 48.0 cm³/mol. The maximum absolute atomic E-state index is 13.3. The van der Waals surface area contributed by atoms with Crippen LogP contribution in [0.4, 0.5) is 4.39 Å². The van der Waals surface area contributed by atoms with Crippen molar-refractivity contribution in [3.63, 3.8) is 0 Å². The van der Waals surface area contributed by atoms with Gasteiger partial charge in [-0.2, -0.15) is 4.39 Å². The van der Waals surface area contributed by atoms with Crippen LogP contribution in [0.1, 0.15) is 0 Å². The summed E-state index contributed by atoms with van der Waals surface area (Å²) in [6.45, 7) is 0. The molecule has 0 radical (unpaired) electrons. The van der Waals surface area contributed by atoms with Crippen LogP contribution in [-0.2, 0) is 0 Å². The number of nitrogens with zero attached hydrogens (tertiary/aromatic N) is 2. The fourth-order valence-corrected chi connectivity index (χ4v) is 1.09. The maximum atomic E-state index is 13.3. The Hall–Kier alpha value is -2.04. The van der Waals surface area contributed by atoms with Crippen molar-refractivity contribution in [2.75, 3.05) is 0 Å². The van der Waals surface area contributed by atoms with E-state index in [0.29, 0.717) is 5.56 Å². The molecule has 0 spiro atoms. The van der Waals surface area contributed by atoms with E-state index in [0.717, 1.165) is 6.33 Å². The van der Waals surface area contributed by atoms with Crippen molar-refractivity contribution in [2.45, 2.75) is 0 Å². The Morgan fingerprint density at radius 2 is 2.29 bits per heavy atom. The van der Waals surface area contributed by atoms with E-state index in [4.69, 9.17) is 0 Å². The van der Waals surface area contributed by atoms with Gasteiger partial charge in [0, 0.05) is 18.0 Å². The largest absolute Gasteiger partial charge is 0.311 e. The second-order valence-corrected chi connectivity index (χ2v) is 2.64. The van der Waals surface area contributed by atoms with E-state index in [9.17, 15) is 9.18 Å². The average molecular weight is 191 g/mol. The van der Waals surface area contributed by atoms with Crippen molar-refractivity contribution in [3.05, 3.63) is 47.0 Å². The van der Waals surface area contributed by atoms with Gasteiger partial charge in [0.1, 0.15) is 5.69 Å². The Bertz CT molecular complexity index is 495. The molecule has 2 heterocycles. The summed E-state index contributed by atoms with van der Waals surface area (Å²) >= 11 is 0. The monoisotopic (exact) mass is 191 g/mol. The summed E-state index contributed by atoms with van der Waals surface area (Å²) in [5.74, 6) is -0.888. The lowest BCUT2D eigenvalue weighted by molar-refractivity contribution is 0.604. The molecular formula is C9H6FN3O. The highest BCUT2D eigenvalue weighted by Crippen LogP contribution is 2.14. The van der Waals surface area contributed by atoms with E-state index in [1.165, 1.54) is 6.20 Å². The first-order valence-corrected chi connectivity index (χ1v) is 3.92. The van der Waals surface area contributed by atoms with Crippen molar-refractivity contribution >= 4 is 0 Å². The third-order valence-electron chi connectivity index (χ3n) is 1.73. The quantitative estimate of drug-likeness (QED) is 0.730. The molecule has 5 heteroatoms. The van der Waals surface area contributed by atoms with Crippen LogP contribution in [0.3, 0.4) is 0 Å². The van der Waals surface area contributed by atoms with Gasteiger partial charge < -0.3 is 4.98 Å².